The van der Waals surface area contributed by atoms with Crippen molar-refractivity contribution in [3.63, 3.8) is 0 Å². The molecule has 0 aliphatic carbocycles. The van der Waals surface area contributed by atoms with Gasteiger partial charge in [0.2, 0.25) is 5.91 Å². The highest BCUT2D eigenvalue weighted by Gasteiger charge is 2.14. The van der Waals surface area contributed by atoms with Crippen LogP contribution in [-0.4, -0.2) is 32.2 Å². The smallest absolute Gasteiger partial charge is 0.237 e. The standard InChI is InChI=1S/C15H23BrN2O3/c1-9(2)18-15(19)10(3)17-8-11-6-12(16)14(21-5)13(7-11)20-4/h6-7,9-10,17H,8H2,1-5H3,(H,18,19). The van der Waals surface area contributed by atoms with Gasteiger partial charge < -0.3 is 20.1 Å². The van der Waals surface area contributed by atoms with Crippen LogP contribution >= 0.6 is 15.9 Å². The van der Waals surface area contributed by atoms with Crippen molar-refractivity contribution in [2.24, 2.45) is 0 Å². The Morgan fingerprint density at radius 2 is 1.90 bits per heavy atom. The van der Waals surface area contributed by atoms with Gasteiger partial charge in [0.05, 0.1) is 24.7 Å². The quantitative estimate of drug-likeness (QED) is 0.785. The highest BCUT2D eigenvalue weighted by molar-refractivity contribution is 9.10. The van der Waals surface area contributed by atoms with E-state index in [1.807, 2.05) is 32.9 Å². The summed E-state index contributed by atoms with van der Waals surface area (Å²) in [5, 5.41) is 6.07. The van der Waals surface area contributed by atoms with E-state index in [9.17, 15) is 4.79 Å². The van der Waals surface area contributed by atoms with Crippen LogP contribution in [-0.2, 0) is 11.3 Å². The van der Waals surface area contributed by atoms with Crippen molar-refractivity contribution in [2.45, 2.75) is 39.4 Å². The molecule has 1 aromatic carbocycles. The fourth-order valence-electron chi connectivity index (χ4n) is 1.85. The van der Waals surface area contributed by atoms with Gasteiger partial charge in [0.25, 0.3) is 0 Å². The summed E-state index contributed by atoms with van der Waals surface area (Å²) in [6, 6.07) is 3.71. The maximum atomic E-state index is 11.8. The minimum Gasteiger partial charge on any atom is -0.493 e. The zero-order valence-electron chi connectivity index (χ0n) is 13.1. The predicted molar refractivity (Wildman–Crippen MR) is 86.8 cm³/mol. The number of benzene rings is 1. The summed E-state index contributed by atoms with van der Waals surface area (Å²) in [6.07, 6.45) is 0. The van der Waals surface area contributed by atoms with Crippen LogP contribution in [0.5, 0.6) is 11.5 Å². The molecule has 0 aliphatic heterocycles. The molecule has 1 aromatic rings. The van der Waals surface area contributed by atoms with Gasteiger partial charge in [-0.3, -0.25) is 4.79 Å². The Balaban J connectivity index is 2.71. The van der Waals surface area contributed by atoms with Crippen LogP contribution in [0.25, 0.3) is 0 Å². The molecule has 2 N–H and O–H groups in total. The number of carbonyl (C=O) groups is 1. The highest BCUT2D eigenvalue weighted by Crippen LogP contribution is 2.36. The van der Waals surface area contributed by atoms with E-state index in [1.165, 1.54) is 0 Å². The lowest BCUT2D eigenvalue weighted by Gasteiger charge is -2.17. The van der Waals surface area contributed by atoms with Gasteiger partial charge in [0.1, 0.15) is 0 Å². The zero-order chi connectivity index (χ0) is 16.0. The maximum absolute atomic E-state index is 11.8. The Kier molecular flexibility index (Phi) is 6.98. The molecule has 0 bridgehead atoms. The van der Waals surface area contributed by atoms with Crippen LogP contribution in [0, 0.1) is 0 Å². The fourth-order valence-corrected chi connectivity index (χ4v) is 2.50. The summed E-state index contributed by atoms with van der Waals surface area (Å²) < 4.78 is 11.4. The number of hydrogen-bond donors (Lipinski definition) is 2. The van der Waals surface area contributed by atoms with Gasteiger partial charge in [-0.25, -0.2) is 0 Å². The lowest BCUT2D eigenvalue weighted by molar-refractivity contribution is -0.123. The van der Waals surface area contributed by atoms with Crippen molar-refractivity contribution in [3.8, 4) is 11.5 Å². The molecule has 0 aliphatic rings. The SMILES string of the molecule is COc1cc(CNC(C)C(=O)NC(C)C)cc(Br)c1OC. The third-order valence-electron chi connectivity index (χ3n) is 2.93. The molecule has 0 saturated carbocycles. The predicted octanol–water partition coefficient (Wildman–Crippen LogP) is 2.47. The molecule has 1 amide bonds. The fraction of sp³-hybridized carbons (Fsp3) is 0.533. The van der Waals surface area contributed by atoms with Crippen molar-refractivity contribution in [2.75, 3.05) is 14.2 Å². The van der Waals surface area contributed by atoms with E-state index in [0.717, 1.165) is 10.0 Å². The number of ether oxygens (including phenoxy) is 2. The Hall–Kier alpha value is -1.27. The van der Waals surface area contributed by atoms with Crippen molar-refractivity contribution in [3.05, 3.63) is 22.2 Å². The highest BCUT2D eigenvalue weighted by atomic mass is 79.9. The van der Waals surface area contributed by atoms with E-state index >= 15 is 0 Å². The average molecular weight is 359 g/mol. The molecule has 5 nitrogen and oxygen atoms in total. The molecule has 0 fully saturated rings. The maximum Gasteiger partial charge on any atom is 0.237 e. The summed E-state index contributed by atoms with van der Waals surface area (Å²) in [4.78, 5) is 11.8. The Labute approximate surface area is 134 Å². The summed E-state index contributed by atoms with van der Waals surface area (Å²) in [5.74, 6) is 1.30. The number of halogens is 1. The van der Waals surface area contributed by atoms with E-state index in [4.69, 9.17) is 9.47 Å². The Morgan fingerprint density at radius 1 is 1.24 bits per heavy atom. The minimum absolute atomic E-state index is 0.00968. The summed E-state index contributed by atoms with van der Waals surface area (Å²) >= 11 is 3.46. The van der Waals surface area contributed by atoms with Gasteiger partial charge in [-0.1, -0.05) is 0 Å². The van der Waals surface area contributed by atoms with Crippen LogP contribution in [0.3, 0.4) is 0 Å². The van der Waals surface area contributed by atoms with Gasteiger partial charge in [-0.15, -0.1) is 0 Å². The van der Waals surface area contributed by atoms with Gasteiger partial charge in [0, 0.05) is 12.6 Å². The van der Waals surface area contributed by atoms with Gasteiger partial charge >= 0.3 is 0 Å². The zero-order valence-corrected chi connectivity index (χ0v) is 14.7. The second-order valence-electron chi connectivity index (χ2n) is 5.08. The number of methoxy groups -OCH3 is 2. The Morgan fingerprint density at radius 3 is 2.43 bits per heavy atom. The summed E-state index contributed by atoms with van der Waals surface area (Å²) in [5.41, 5.74) is 1.00. The van der Waals surface area contributed by atoms with Crippen LogP contribution in [0.4, 0.5) is 0 Å². The van der Waals surface area contributed by atoms with Crippen LogP contribution in [0.1, 0.15) is 26.3 Å². The van der Waals surface area contributed by atoms with Crippen molar-refractivity contribution < 1.29 is 14.3 Å². The Bertz CT molecular complexity index is 492. The molecule has 0 heterocycles. The monoisotopic (exact) mass is 358 g/mol. The van der Waals surface area contributed by atoms with Crippen molar-refractivity contribution in [1.29, 1.82) is 0 Å². The topological polar surface area (TPSA) is 59.6 Å². The summed E-state index contributed by atoms with van der Waals surface area (Å²) in [7, 11) is 3.19. The van der Waals surface area contributed by atoms with E-state index in [-0.39, 0.29) is 18.0 Å². The summed E-state index contributed by atoms with van der Waals surface area (Å²) in [6.45, 7) is 6.28. The molecule has 6 heteroatoms. The van der Waals surface area contributed by atoms with Crippen LogP contribution < -0.4 is 20.1 Å². The molecule has 1 unspecified atom stereocenters. The van der Waals surface area contributed by atoms with Crippen molar-refractivity contribution in [1.82, 2.24) is 10.6 Å². The molecule has 1 rings (SSSR count). The van der Waals surface area contributed by atoms with Crippen molar-refractivity contribution >= 4 is 21.8 Å². The lowest BCUT2D eigenvalue weighted by Crippen LogP contribution is -2.44. The van der Waals surface area contributed by atoms with E-state index < -0.39 is 0 Å². The number of nitrogens with one attached hydrogen (secondary N) is 2. The second-order valence-corrected chi connectivity index (χ2v) is 5.93. The average Bonchev–Trinajstić information content (AvgIpc) is 2.43. The molecular weight excluding hydrogens is 336 g/mol. The first-order valence-corrected chi connectivity index (χ1v) is 7.62. The lowest BCUT2D eigenvalue weighted by atomic mass is 10.2. The number of amides is 1. The minimum atomic E-state index is -0.265. The van der Waals surface area contributed by atoms with E-state index in [2.05, 4.69) is 26.6 Å². The van der Waals surface area contributed by atoms with Crippen LogP contribution in [0.15, 0.2) is 16.6 Å². The second kappa shape index (κ2) is 8.24. The number of rotatable bonds is 7. The first kappa shape index (κ1) is 17.8. The molecule has 0 spiro atoms. The molecule has 118 valence electrons. The van der Waals surface area contributed by atoms with Gasteiger partial charge in [0.15, 0.2) is 11.5 Å². The molecule has 0 saturated heterocycles. The van der Waals surface area contributed by atoms with Crippen LogP contribution in [0.2, 0.25) is 0 Å². The molecule has 0 radical (unpaired) electrons. The molecule has 1 atom stereocenters. The van der Waals surface area contributed by atoms with Gasteiger partial charge in [-0.2, -0.15) is 0 Å². The van der Waals surface area contributed by atoms with Gasteiger partial charge in [-0.05, 0) is 54.4 Å². The third-order valence-corrected chi connectivity index (χ3v) is 3.52. The first-order valence-electron chi connectivity index (χ1n) is 6.83. The number of carbonyl (C=O) groups excluding carboxylic acids is 1. The van der Waals surface area contributed by atoms with E-state index in [0.29, 0.717) is 18.0 Å². The molecular formula is C15H23BrN2O3. The molecule has 0 aromatic heterocycles. The van der Waals surface area contributed by atoms with E-state index in [1.54, 1.807) is 14.2 Å². The number of hydrogen-bond acceptors (Lipinski definition) is 4. The first-order chi connectivity index (χ1) is 9.88. The molecule has 21 heavy (non-hydrogen) atoms. The largest absolute Gasteiger partial charge is 0.493 e. The normalized spacial score (nSPS) is 12.1. The third kappa shape index (κ3) is 5.21.